The van der Waals surface area contributed by atoms with Gasteiger partial charge in [0.15, 0.2) is 3.95 Å². The van der Waals surface area contributed by atoms with E-state index >= 15 is 0 Å². The molecular weight excluding hydrogens is 246 g/mol. The van der Waals surface area contributed by atoms with Gasteiger partial charge in [-0.15, -0.1) is 5.10 Å². The van der Waals surface area contributed by atoms with E-state index in [1.54, 1.807) is 0 Å². The standard InChI is InChI=1S/C9H15N3S3/c1-14-7-5-3-2-4-6(7)10-8-11-12-9(13)15-8/h6-7H,2-5H2,1H3,(H,10,11)(H,12,13). The number of rotatable bonds is 3. The van der Waals surface area contributed by atoms with Crippen LogP contribution in [0, 0.1) is 3.95 Å². The first-order chi connectivity index (χ1) is 7.29. The minimum atomic E-state index is 0.558. The Hall–Kier alpha value is -0.0700. The minimum Gasteiger partial charge on any atom is -0.356 e. The first-order valence-corrected chi connectivity index (χ1v) is 7.65. The van der Waals surface area contributed by atoms with Crippen LogP contribution >= 0.6 is 35.3 Å². The molecule has 2 rings (SSSR count). The SMILES string of the molecule is CSC1CCCCC1Nc1n[nH]c(=S)s1. The van der Waals surface area contributed by atoms with E-state index in [-0.39, 0.29) is 0 Å². The molecule has 1 saturated carbocycles. The number of nitrogens with one attached hydrogen (secondary N) is 2. The fourth-order valence-corrected chi connectivity index (χ4v) is 3.78. The second-order valence-electron chi connectivity index (χ2n) is 3.73. The molecular formula is C9H15N3S3. The summed E-state index contributed by atoms with van der Waals surface area (Å²) in [6.07, 6.45) is 7.44. The molecule has 2 unspecified atom stereocenters. The van der Waals surface area contributed by atoms with Gasteiger partial charge in [-0.25, -0.2) is 0 Å². The van der Waals surface area contributed by atoms with Gasteiger partial charge in [-0.05, 0) is 31.3 Å². The predicted molar refractivity (Wildman–Crippen MR) is 70.5 cm³/mol. The van der Waals surface area contributed by atoms with E-state index in [4.69, 9.17) is 12.2 Å². The molecule has 2 N–H and O–H groups in total. The maximum absolute atomic E-state index is 5.01. The van der Waals surface area contributed by atoms with Crippen molar-refractivity contribution in [2.45, 2.75) is 37.0 Å². The average Bonchev–Trinajstić information content (AvgIpc) is 2.65. The molecule has 1 heterocycles. The van der Waals surface area contributed by atoms with E-state index in [2.05, 4.69) is 21.8 Å². The maximum Gasteiger partial charge on any atom is 0.204 e. The molecule has 0 spiro atoms. The van der Waals surface area contributed by atoms with Crippen LogP contribution in [0.1, 0.15) is 25.7 Å². The lowest BCUT2D eigenvalue weighted by Crippen LogP contribution is -2.34. The molecule has 0 saturated heterocycles. The number of hydrogen-bond donors (Lipinski definition) is 2. The van der Waals surface area contributed by atoms with Crippen molar-refractivity contribution in [3.05, 3.63) is 3.95 Å². The van der Waals surface area contributed by atoms with Crippen LogP contribution < -0.4 is 5.32 Å². The van der Waals surface area contributed by atoms with Crippen molar-refractivity contribution < 1.29 is 0 Å². The summed E-state index contributed by atoms with van der Waals surface area (Å²) in [6.45, 7) is 0. The lowest BCUT2D eigenvalue weighted by molar-refractivity contribution is 0.474. The van der Waals surface area contributed by atoms with Gasteiger partial charge in [-0.2, -0.15) is 11.8 Å². The zero-order chi connectivity index (χ0) is 10.7. The van der Waals surface area contributed by atoms with Crippen molar-refractivity contribution in [1.29, 1.82) is 0 Å². The monoisotopic (exact) mass is 261 g/mol. The lowest BCUT2D eigenvalue weighted by Gasteiger charge is -2.30. The van der Waals surface area contributed by atoms with Crippen LogP contribution in [-0.2, 0) is 0 Å². The molecule has 1 aliphatic rings. The number of aromatic nitrogens is 2. The second kappa shape index (κ2) is 5.32. The molecule has 0 radical (unpaired) electrons. The smallest absolute Gasteiger partial charge is 0.204 e. The third kappa shape index (κ3) is 2.95. The van der Waals surface area contributed by atoms with Crippen LogP contribution in [0.4, 0.5) is 5.13 Å². The number of thioether (sulfide) groups is 1. The van der Waals surface area contributed by atoms with E-state index in [0.717, 1.165) is 14.3 Å². The van der Waals surface area contributed by atoms with Gasteiger partial charge in [-0.1, -0.05) is 24.2 Å². The van der Waals surface area contributed by atoms with Gasteiger partial charge in [0.1, 0.15) is 0 Å². The second-order valence-corrected chi connectivity index (χ2v) is 6.47. The topological polar surface area (TPSA) is 40.7 Å². The van der Waals surface area contributed by atoms with Crippen molar-refractivity contribution in [3.63, 3.8) is 0 Å². The Balaban J connectivity index is 2.00. The molecule has 1 fully saturated rings. The zero-order valence-corrected chi connectivity index (χ0v) is 11.1. The highest BCUT2D eigenvalue weighted by Gasteiger charge is 2.24. The normalized spacial score (nSPS) is 26.5. The van der Waals surface area contributed by atoms with E-state index < -0.39 is 0 Å². The van der Waals surface area contributed by atoms with Crippen molar-refractivity contribution in [2.75, 3.05) is 11.6 Å². The maximum atomic E-state index is 5.01. The van der Waals surface area contributed by atoms with Gasteiger partial charge in [-0.3, -0.25) is 5.10 Å². The summed E-state index contributed by atoms with van der Waals surface area (Å²) in [5.74, 6) is 0. The summed E-state index contributed by atoms with van der Waals surface area (Å²) in [7, 11) is 0. The van der Waals surface area contributed by atoms with Gasteiger partial charge in [0.05, 0.1) is 0 Å². The van der Waals surface area contributed by atoms with E-state index in [9.17, 15) is 0 Å². The van der Waals surface area contributed by atoms with Gasteiger partial charge in [0, 0.05) is 11.3 Å². The number of anilines is 1. The minimum absolute atomic E-state index is 0.558. The molecule has 1 aromatic rings. The molecule has 6 heteroatoms. The Morgan fingerprint density at radius 1 is 1.53 bits per heavy atom. The molecule has 15 heavy (non-hydrogen) atoms. The van der Waals surface area contributed by atoms with Crippen molar-refractivity contribution >= 4 is 40.4 Å². The summed E-state index contributed by atoms with van der Waals surface area (Å²) in [5.41, 5.74) is 0. The zero-order valence-electron chi connectivity index (χ0n) is 8.66. The van der Waals surface area contributed by atoms with Crippen LogP contribution in [0.3, 0.4) is 0 Å². The molecule has 0 aliphatic heterocycles. The van der Waals surface area contributed by atoms with Gasteiger partial charge in [0.2, 0.25) is 5.13 Å². The first-order valence-electron chi connectivity index (χ1n) is 5.14. The highest BCUT2D eigenvalue weighted by molar-refractivity contribution is 7.99. The largest absolute Gasteiger partial charge is 0.356 e. The highest BCUT2D eigenvalue weighted by Crippen LogP contribution is 2.29. The van der Waals surface area contributed by atoms with Gasteiger partial charge in [0.25, 0.3) is 0 Å². The van der Waals surface area contributed by atoms with Crippen LogP contribution in [0.25, 0.3) is 0 Å². The quantitative estimate of drug-likeness (QED) is 0.819. The predicted octanol–water partition coefficient (Wildman–Crippen LogP) is 3.29. The number of aromatic amines is 1. The number of nitrogens with zero attached hydrogens (tertiary/aromatic N) is 1. The number of hydrogen-bond acceptors (Lipinski definition) is 5. The van der Waals surface area contributed by atoms with E-state index in [1.165, 1.54) is 37.0 Å². The summed E-state index contributed by atoms with van der Waals surface area (Å²) in [4.78, 5) is 0. The first kappa shape index (κ1) is 11.4. The Morgan fingerprint density at radius 2 is 2.33 bits per heavy atom. The van der Waals surface area contributed by atoms with E-state index in [0.29, 0.717) is 6.04 Å². The third-order valence-corrected chi connectivity index (χ3v) is 4.94. The Morgan fingerprint density at radius 3 is 3.00 bits per heavy atom. The molecule has 0 amide bonds. The van der Waals surface area contributed by atoms with Crippen molar-refractivity contribution in [3.8, 4) is 0 Å². The van der Waals surface area contributed by atoms with Gasteiger partial charge < -0.3 is 5.32 Å². The van der Waals surface area contributed by atoms with E-state index in [1.807, 2.05) is 11.8 Å². The molecule has 1 aromatic heterocycles. The highest BCUT2D eigenvalue weighted by atomic mass is 32.2. The third-order valence-electron chi connectivity index (χ3n) is 2.75. The van der Waals surface area contributed by atoms with Gasteiger partial charge >= 0.3 is 0 Å². The van der Waals surface area contributed by atoms with Crippen LogP contribution in [0.15, 0.2) is 0 Å². The average molecular weight is 261 g/mol. The Labute approximate surface area is 103 Å². The van der Waals surface area contributed by atoms with Crippen LogP contribution in [-0.4, -0.2) is 27.7 Å². The fraction of sp³-hybridized carbons (Fsp3) is 0.778. The van der Waals surface area contributed by atoms with Crippen molar-refractivity contribution in [1.82, 2.24) is 10.2 Å². The Bertz CT molecular complexity index is 359. The fourth-order valence-electron chi connectivity index (χ4n) is 1.99. The molecule has 3 nitrogen and oxygen atoms in total. The molecule has 0 bridgehead atoms. The van der Waals surface area contributed by atoms with Crippen LogP contribution in [0.5, 0.6) is 0 Å². The summed E-state index contributed by atoms with van der Waals surface area (Å²) in [6, 6.07) is 0.558. The summed E-state index contributed by atoms with van der Waals surface area (Å²) < 4.78 is 0.744. The molecule has 2 atom stereocenters. The van der Waals surface area contributed by atoms with Crippen molar-refractivity contribution in [2.24, 2.45) is 0 Å². The lowest BCUT2D eigenvalue weighted by atomic mass is 9.95. The Kier molecular flexibility index (Phi) is 4.05. The summed E-state index contributed by atoms with van der Waals surface area (Å²) in [5, 5.41) is 12.1. The summed E-state index contributed by atoms with van der Waals surface area (Å²) >= 11 is 8.49. The molecule has 1 aliphatic carbocycles. The molecule has 84 valence electrons. The number of H-pyrrole nitrogens is 1. The van der Waals surface area contributed by atoms with Crippen LogP contribution in [0.2, 0.25) is 0 Å². The molecule has 0 aromatic carbocycles.